The van der Waals surface area contributed by atoms with Crippen molar-refractivity contribution in [2.24, 2.45) is 5.73 Å². The van der Waals surface area contributed by atoms with Crippen LogP contribution in [0.5, 0.6) is 0 Å². The zero-order chi connectivity index (χ0) is 10.8. The van der Waals surface area contributed by atoms with E-state index < -0.39 is 5.91 Å². The van der Waals surface area contributed by atoms with Crippen LogP contribution in [0.25, 0.3) is 5.69 Å². The summed E-state index contributed by atoms with van der Waals surface area (Å²) in [6.07, 6.45) is 3.01. The molecule has 5 nitrogen and oxygen atoms in total. The van der Waals surface area contributed by atoms with Gasteiger partial charge in [-0.25, -0.2) is 9.67 Å². The van der Waals surface area contributed by atoms with Crippen LogP contribution < -0.4 is 5.73 Å². The second-order valence-corrected chi connectivity index (χ2v) is 3.72. The fraction of sp³-hybridized carbons (Fsp3) is 0. The van der Waals surface area contributed by atoms with Gasteiger partial charge in [0.05, 0.1) is 5.69 Å². The third-order valence-corrected chi connectivity index (χ3v) is 2.53. The predicted octanol–water partition coefficient (Wildman–Crippen LogP) is 1.13. The number of halogens is 1. The molecule has 0 saturated heterocycles. The number of carbonyl (C=O) groups is 1. The van der Waals surface area contributed by atoms with Crippen LogP contribution in [0.15, 0.2) is 35.3 Å². The van der Waals surface area contributed by atoms with Crippen LogP contribution in [0.1, 0.15) is 10.4 Å². The first-order chi connectivity index (χ1) is 7.18. The first-order valence-corrected chi connectivity index (χ1v) is 4.92. The molecule has 0 aliphatic rings. The molecule has 0 atom stereocenters. The number of hydrogen-bond acceptors (Lipinski definition) is 3. The van der Waals surface area contributed by atoms with Crippen molar-refractivity contribution in [3.63, 3.8) is 0 Å². The van der Waals surface area contributed by atoms with Gasteiger partial charge < -0.3 is 5.73 Å². The van der Waals surface area contributed by atoms with Crippen LogP contribution in [-0.2, 0) is 0 Å². The Morgan fingerprint density at radius 3 is 2.80 bits per heavy atom. The number of aromatic nitrogens is 3. The van der Waals surface area contributed by atoms with Crippen LogP contribution in [0.3, 0.4) is 0 Å². The standard InChI is InChI=1S/C9H7BrN4O/c10-7-3-6(9(11)15)1-2-8(7)14-5-12-4-13-14/h1-5H,(H2,11,15). The zero-order valence-corrected chi connectivity index (χ0v) is 9.18. The molecule has 0 aliphatic carbocycles. The van der Waals surface area contributed by atoms with Gasteiger partial charge in [-0.3, -0.25) is 4.79 Å². The van der Waals surface area contributed by atoms with Crippen molar-refractivity contribution >= 4 is 21.8 Å². The molecular weight excluding hydrogens is 260 g/mol. The topological polar surface area (TPSA) is 73.8 Å². The van der Waals surface area contributed by atoms with Crippen LogP contribution in [0, 0.1) is 0 Å². The quantitative estimate of drug-likeness (QED) is 0.886. The Balaban J connectivity index is 2.48. The van der Waals surface area contributed by atoms with Crippen LogP contribution in [-0.4, -0.2) is 20.7 Å². The lowest BCUT2D eigenvalue weighted by molar-refractivity contribution is 0.100. The van der Waals surface area contributed by atoms with Gasteiger partial charge in [0.2, 0.25) is 5.91 Å². The summed E-state index contributed by atoms with van der Waals surface area (Å²) >= 11 is 3.34. The van der Waals surface area contributed by atoms with Gasteiger partial charge in [0.1, 0.15) is 12.7 Å². The molecule has 1 amide bonds. The van der Waals surface area contributed by atoms with Crippen molar-refractivity contribution in [3.05, 3.63) is 40.9 Å². The number of benzene rings is 1. The molecule has 0 spiro atoms. The highest BCUT2D eigenvalue weighted by molar-refractivity contribution is 9.10. The van der Waals surface area contributed by atoms with Crippen LogP contribution in [0.4, 0.5) is 0 Å². The second kappa shape index (κ2) is 3.82. The van der Waals surface area contributed by atoms with Crippen molar-refractivity contribution < 1.29 is 4.79 Å². The summed E-state index contributed by atoms with van der Waals surface area (Å²) in [7, 11) is 0. The van der Waals surface area contributed by atoms with E-state index in [0.717, 1.165) is 10.2 Å². The number of carbonyl (C=O) groups excluding carboxylic acids is 1. The normalized spacial score (nSPS) is 10.2. The first-order valence-electron chi connectivity index (χ1n) is 4.13. The predicted molar refractivity (Wildman–Crippen MR) is 57.6 cm³/mol. The summed E-state index contributed by atoms with van der Waals surface area (Å²) in [6.45, 7) is 0. The molecule has 6 heteroatoms. The minimum atomic E-state index is -0.458. The lowest BCUT2D eigenvalue weighted by Gasteiger charge is -2.04. The minimum absolute atomic E-state index is 0.450. The largest absolute Gasteiger partial charge is 0.366 e. The number of primary amides is 1. The zero-order valence-electron chi connectivity index (χ0n) is 7.59. The highest BCUT2D eigenvalue weighted by Gasteiger charge is 2.06. The van der Waals surface area contributed by atoms with Crippen molar-refractivity contribution in [3.8, 4) is 5.69 Å². The number of nitrogens with zero attached hydrogens (tertiary/aromatic N) is 3. The van der Waals surface area contributed by atoms with Crippen LogP contribution in [0.2, 0.25) is 0 Å². The van der Waals surface area contributed by atoms with Gasteiger partial charge in [-0.05, 0) is 34.1 Å². The van der Waals surface area contributed by atoms with Crippen molar-refractivity contribution in [2.45, 2.75) is 0 Å². The summed E-state index contributed by atoms with van der Waals surface area (Å²) in [5.74, 6) is -0.458. The highest BCUT2D eigenvalue weighted by atomic mass is 79.9. The first kappa shape index (κ1) is 9.85. The van der Waals surface area contributed by atoms with Gasteiger partial charge in [-0.1, -0.05) is 0 Å². The van der Waals surface area contributed by atoms with Gasteiger partial charge in [-0.2, -0.15) is 5.10 Å². The number of hydrogen-bond donors (Lipinski definition) is 1. The lowest BCUT2D eigenvalue weighted by atomic mass is 10.2. The Labute approximate surface area is 94.0 Å². The summed E-state index contributed by atoms with van der Waals surface area (Å²) in [5.41, 5.74) is 6.41. The van der Waals surface area contributed by atoms with Gasteiger partial charge >= 0.3 is 0 Å². The van der Waals surface area contributed by atoms with E-state index in [9.17, 15) is 4.79 Å². The van der Waals surface area contributed by atoms with Gasteiger partial charge in [0.25, 0.3) is 0 Å². The molecule has 15 heavy (non-hydrogen) atoms. The highest BCUT2D eigenvalue weighted by Crippen LogP contribution is 2.21. The molecule has 1 heterocycles. The van der Waals surface area contributed by atoms with Crippen molar-refractivity contribution in [1.82, 2.24) is 14.8 Å². The van der Waals surface area contributed by atoms with Crippen LogP contribution >= 0.6 is 15.9 Å². The number of rotatable bonds is 2. The molecule has 0 fully saturated rings. The fourth-order valence-electron chi connectivity index (χ4n) is 1.18. The van der Waals surface area contributed by atoms with E-state index in [1.54, 1.807) is 29.2 Å². The van der Waals surface area contributed by atoms with Gasteiger partial charge in [-0.15, -0.1) is 0 Å². The summed E-state index contributed by atoms with van der Waals surface area (Å²) < 4.78 is 2.33. The molecule has 0 saturated carbocycles. The van der Waals surface area contributed by atoms with Gasteiger partial charge in [0, 0.05) is 10.0 Å². The van der Waals surface area contributed by atoms with E-state index >= 15 is 0 Å². The summed E-state index contributed by atoms with van der Waals surface area (Å²) in [5, 5.41) is 3.98. The SMILES string of the molecule is NC(=O)c1ccc(-n2cncn2)c(Br)c1. The van der Waals surface area contributed by atoms with Crippen molar-refractivity contribution in [1.29, 1.82) is 0 Å². The molecule has 1 aromatic carbocycles. The Hall–Kier alpha value is -1.69. The molecule has 0 bridgehead atoms. The van der Waals surface area contributed by atoms with E-state index in [2.05, 4.69) is 26.0 Å². The molecule has 0 aliphatic heterocycles. The van der Waals surface area contributed by atoms with Crippen molar-refractivity contribution in [2.75, 3.05) is 0 Å². The van der Waals surface area contributed by atoms with E-state index in [-0.39, 0.29) is 0 Å². The Bertz CT molecular complexity index is 495. The molecule has 0 radical (unpaired) electrons. The Kier molecular flexibility index (Phi) is 2.51. The monoisotopic (exact) mass is 266 g/mol. The maximum absolute atomic E-state index is 10.9. The summed E-state index contributed by atoms with van der Waals surface area (Å²) in [4.78, 5) is 14.8. The second-order valence-electron chi connectivity index (χ2n) is 2.87. The third-order valence-electron chi connectivity index (χ3n) is 1.90. The molecule has 76 valence electrons. The minimum Gasteiger partial charge on any atom is -0.366 e. The average molecular weight is 267 g/mol. The molecule has 2 aromatic rings. The number of nitrogens with two attached hydrogens (primary N) is 1. The Morgan fingerprint density at radius 2 is 2.27 bits per heavy atom. The maximum atomic E-state index is 10.9. The van der Waals surface area contributed by atoms with E-state index in [1.165, 1.54) is 6.33 Å². The summed E-state index contributed by atoms with van der Waals surface area (Å²) in [6, 6.07) is 5.04. The number of amides is 1. The van der Waals surface area contributed by atoms with Gasteiger partial charge in [0.15, 0.2) is 0 Å². The fourth-order valence-corrected chi connectivity index (χ4v) is 1.74. The smallest absolute Gasteiger partial charge is 0.248 e. The average Bonchev–Trinajstić information content (AvgIpc) is 2.70. The molecule has 2 rings (SSSR count). The maximum Gasteiger partial charge on any atom is 0.248 e. The molecule has 1 aromatic heterocycles. The van der Waals surface area contributed by atoms with E-state index in [0.29, 0.717) is 5.56 Å². The lowest BCUT2D eigenvalue weighted by Crippen LogP contribution is -2.11. The molecule has 2 N–H and O–H groups in total. The van der Waals surface area contributed by atoms with E-state index in [1.807, 2.05) is 0 Å². The Morgan fingerprint density at radius 1 is 1.47 bits per heavy atom. The van der Waals surface area contributed by atoms with E-state index in [4.69, 9.17) is 5.73 Å². The molecule has 0 unspecified atom stereocenters. The third kappa shape index (κ3) is 1.89. The molecular formula is C9H7BrN4O.